The number of likely N-dealkylation sites (N-methyl/N-ethyl adjacent to an activating group) is 1. The van der Waals surface area contributed by atoms with Crippen LogP contribution in [0, 0.1) is 17.8 Å². The second-order valence-electron chi connectivity index (χ2n) is 16.4. The summed E-state index contributed by atoms with van der Waals surface area (Å²) in [7, 11) is 8.04. The Morgan fingerprint density at radius 1 is 1.04 bits per heavy atom. The Hall–Kier alpha value is -2.79. The lowest BCUT2D eigenvalue weighted by molar-refractivity contribution is -0.146. The largest absolute Gasteiger partial charge is 0.394 e. The van der Waals surface area contributed by atoms with Crippen molar-refractivity contribution in [3.63, 3.8) is 0 Å². The molecule has 57 heavy (non-hydrogen) atoms. The summed E-state index contributed by atoms with van der Waals surface area (Å²) in [6.45, 7) is 10.2. The lowest BCUT2D eigenvalue weighted by atomic mass is 9.89. The molecule has 1 saturated heterocycles. The monoisotopic (exact) mass is 932 g/mol. The third-order valence-corrected chi connectivity index (χ3v) is 14.8. The van der Waals surface area contributed by atoms with Crippen LogP contribution in [0.1, 0.15) is 78.2 Å². The van der Waals surface area contributed by atoms with E-state index in [1.807, 2.05) is 89.1 Å². The molecule has 2 fully saturated rings. The van der Waals surface area contributed by atoms with Gasteiger partial charge in [0.05, 0.1) is 36.6 Å². The molecule has 1 aliphatic carbocycles. The van der Waals surface area contributed by atoms with Gasteiger partial charge in [-0.15, -0.1) is 0 Å². The molecule has 0 bridgehead atoms. The molecule has 322 valence electrons. The maximum atomic E-state index is 14.3. The van der Waals surface area contributed by atoms with Crippen molar-refractivity contribution in [1.82, 2.24) is 24.9 Å². The number of benzene rings is 1. The highest BCUT2D eigenvalue weighted by molar-refractivity contribution is 14.1. The fourth-order valence-electron chi connectivity index (χ4n) is 8.37. The Balaban J connectivity index is 1.86. The summed E-state index contributed by atoms with van der Waals surface area (Å²) >= 11 is 1.38. The molecule has 2 N–H and O–H groups in total. The Bertz CT molecular complexity index is 1610. The van der Waals surface area contributed by atoms with Gasteiger partial charge in [0.2, 0.25) is 25.1 Å². The summed E-state index contributed by atoms with van der Waals surface area (Å²) in [6, 6.07) is 7.55. The van der Waals surface area contributed by atoms with Crippen LogP contribution in [-0.2, 0) is 36.3 Å². The van der Waals surface area contributed by atoms with Crippen molar-refractivity contribution in [2.45, 2.75) is 108 Å². The number of likely N-dealkylation sites (tertiary alicyclic amines) is 1. The van der Waals surface area contributed by atoms with Gasteiger partial charge in [0, 0.05) is 61.9 Å². The van der Waals surface area contributed by atoms with Crippen LogP contribution in [-0.4, -0.2) is 152 Å². The molecule has 1 heterocycles. The van der Waals surface area contributed by atoms with Crippen molar-refractivity contribution in [3.05, 3.63) is 35.9 Å². The smallest absolute Gasteiger partial charge is 0.325 e. The first-order valence-electron chi connectivity index (χ1n) is 19.8. The Morgan fingerprint density at radius 2 is 1.65 bits per heavy atom. The molecule has 1 aromatic rings. The van der Waals surface area contributed by atoms with Crippen molar-refractivity contribution in [2.75, 3.05) is 62.2 Å². The van der Waals surface area contributed by atoms with Gasteiger partial charge in [0.1, 0.15) is 17.5 Å². The second kappa shape index (κ2) is 20.9. The number of halogens is 1. The summed E-state index contributed by atoms with van der Waals surface area (Å²) in [4.78, 5) is 78.3. The molecule has 0 radical (unpaired) electrons. The van der Waals surface area contributed by atoms with Gasteiger partial charge >= 0.3 is 5.97 Å². The topological polar surface area (TPSA) is 171 Å². The van der Waals surface area contributed by atoms with Gasteiger partial charge in [-0.1, -0.05) is 71.4 Å². The predicted molar refractivity (Wildman–Crippen MR) is 229 cm³/mol. The van der Waals surface area contributed by atoms with Crippen LogP contribution in [0.4, 0.5) is 0 Å². The number of rotatable bonds is 19. The minimum Gasteiger partial charge on any atom is -0.394 e. The van der Waals surface area contributed by atoms with E-state index in [1.54, 1.807) is 30.9 Å². The van der Waals surface area contributed by atoms with Gasteiger partial charge in [0.25, 0.3) is 0 Å². The first kappa shape index (κ1) is 48.6. The zero-order valence-electron chi connectivity index (χ0n) is 35.8. The highest BCUT2D eigenvalue weighted by atomic mass is 127. The zero-order chi connectivity index (χ0) is 43.0. The number of guanidine groups is 1. The minimum absolute atomic E-state index is 0.00459. The molecule has 1 saturated carbocycles. The normalized spacial score (nSPS) is 23.2. The van der Waals surface area contributed by atoms with Crippen LogP contribution in [0.3, 0.4) is 0 Å². The van der Waals surface area contributed by atoms with Crippen LogP contribution < -0.4 is 5.32 Å². The Morgan fingerprint density at radius 3 is 2.16 bits per heavy atom. The van der Waals surface area contributed by atoms with Gasteiger partial charge in [0.15, 0.2) is 29.0 Å². The highest BCUT2D eigenvalue weighted by Crippen LogP contribution is 2.72. The molecule has 10 atom stereocenters. The SMILES string of the molecule is CC[C@H](C)[C@@H]([C@@H](CC(=O)N1CCC[C@H]1[C@H](OC)[C@@H](C)C(=O)NC1(P(=O)(O)CC(=O)OI)CC1c1ccccc1)OC)N(C)C(=O)[C@@H](N=C(N(C)C)N(C)C)C(C)C. The molecule has 1 aliphatic heterocycles. The quantitative estimate of drug-likeness (QED) is 0.0863. The van der Waals surface area contributed by atoms with Gasteiger partial charge in [-0.25, -0.2) is 4.99 Å². The van der Waals surface area contributed by atoms with Crippen LogP contribution in [0.15, 0.2) is 35.3 Å². The third kappa shape index (κ3) is 11.3. The van der Waals surface area contributed by atoms with E-state index in [2.05, 4.69) is 12.2 Å². The fourth-order valence-corrected chi connectivity index (χ4v) is 10.9. The molecule has 17 heteroatoms. The molecular weight excluding hydrogens is 866 g/mol. The van der Waals surface area contributed by atoms with Crippen LogP contribution in [0.2, 0.25) is 0 Å². The number of carbonyl (C=O) groups is 4. The van der Waals surface area contributed by atoms with Gasteiger partial charge < -0.3 is 42.3 Å². The van der Waals surface area contributed by atoms with E-state index >= 15 is 0 Å². The highest BCUT2D eigenvalue weighted by Gasteiger charge is 2.67. The van der Waals surface area contributed by atoms with Crippen molar-refractivity contribution in [2.24, 2.45) is 22.7 Å². The summed E-state index contributed by atoms with van der Waals surface area (Å²) < 4.78 is 30.6. The minimum atomic E-state index is -4.32. The Labute approximate surface area is 353 Å². The maximum Gasteiger partial charge on any atom is 0.325 e. The standard InChI is InChI=1S/C40H66IN6O9P/c1-13-26(4)35(46(10)38(51)34(25(2)3)42-39(44(6)7)45(8)9)31(54-11)22-32(48)47-21-17-20-30(47)36(55-12)27(5)37(50)43-40(57(52,53)24-33(49)56-41)23-29(40)28-18-15-14-16-19-28/h14-16,18-19,25-27,29-31,34-36H,13,17,20-24H2,1-12H3,(H,43,50)(H,52,53)/t26-,27+,29?,30-,31+,34-,35-,36+,40?/m0/s1. The lowest BCUT2D eigenvalue weighted by Crippen LogP contribution is -2.55. The maximum absolute atomic E-state index is 14.3. The summed E-state index contributed by atoms with van der Waals surface area (Å²) in [5, 5.41) is 1.33. The number of nitrogens with one attached hydrogen (secondary N) is 1. The number of hydrogen-bond acceptors (Lipinski definition) is 9. The van der Waals surface area contributed by atoms with Crippen LogP contribution in [0.5, 0.6) is 0 Å². The van der Waals surface area contributed by atoms with Crippen LogP contribution >= 0.6 is 30.4 Å². The number of amides is 3. The van der Waals surface area contributed by atoms with E-state index in [0.717, 1.165) is 12.0 Å². The average molecular weight is 933 g/mol. The molecule has 1 aromatic carbocycles. The van der Waals surface area contributed by atoms with Crippen molar-refractivity contribution < 1.29 is 41.2 Å². The van der Waals surface area contributed by atoms with Gasteiger partial charge in [-0.2, -0.15) is 0 Å². The zero-order valence-corrected chi connectivity index (χ0v) is 38.9. The molecule has 0 spiro atoms. The van der Waals surface area contributed by atoms with Crippen molar-refractivity contribution >= 4 is 60.0 Å². The molecule has 0 aromatic heterocycles. The van der Waals surface area contributed by atoms with Crippen molar-refractivity contribution in [1.29, 1.82) is 0 Å². The van der Waals surface area contributed by atoms with E-state index < -0.39 is 72.9 Å². The van der Waals surface area contributed by atoms with Gasteiger partial charge in [-0.3, -0.25) is 23.7 Å². The number of aliphatic imine (C=N–C) groups is 1. The van der Waals surface area contributed by atoms with E-state index in [9.17, 15) is 28.6 Å². The van der Waals surface area contributed by atoms with Crippen LogP contribution in [0.25, 0.3) is 0 Å². The number of carbonyl (C=O) groups excluding carboxylic acids is 4. The molecule has 2 aliphatic rings. The molecule has 3 rings (SSSR count). The first-order valence-corrected chi connectivity index (χ1v) is 22.5. The molecular formula is C40H66IN6O9P. The summed E-state index contributed by atoms with van der Waals surface area (Å²) in [6.07, 6.45) is 0.0479. The van der Waals surface area contributed by atoms with E-state index in [1.165, 1.54) is 30.1 Å². The van der Waals surface area contributed by atoms with Crippen molar-refractivity contribution in [3.8, 4) is 0 Å². The van der Waals surface area contributed by atoms with E-state index in [0.29, 0.717) is 25.3 Å². The molecule has 3 amide bonds. The van der Waals surface area contributed by atoms with E-state index in [4.69, 9.17) is 17.5 Å². The number of hydrogen-bond donors (Lipinski definition) is 2. The summed E-state index contributed by atoms with van der Waals surface area (Å²) in [5.74, 6) is -2.49. The number of methoxy groups -OCH3 is 2. The Kier molecular flexibility index (Phi) is 17.9. The summed E-state index contributed by atoms with van der Waals surface area (Å²) in [5.41, 5.74) is 0.772. The fraction of sp³-hybridized carbons (Fsp3) is 0.725. The molecule has 3 unspecified atom stereocenters. The predicted octanol–water partition coefficient (Wildman–Crippen LogP) is 4.57. The number of ether oxygens (including phenoxy) is 2. The average Bonchev–Trinajstić information content (AvgIpc) is 3.71. The molecule has 15 nitrogen and oxygen atoms in total. The lowest BCUT2D eigenvalue weighted by Gasteiger charge is -2.40. The first-order chi connectivity index (χ1) is 26.7. The van der Waals surface area contributed by atoms with Gasteiger partial charge in [-0.05, 0) is 36.7 Å². The second-order valence-corrected chi connectivity index (χ2v) is 19.3. The third-order valence-electron chi connectivity index (χ3n) is 11.7. The number of nitrogens with zero attached hydrogens (tertiary/aromatic N) is 5. The van der Waals surface area contributed by atoms with E-state index in [-0.39, 0.29) is 36.5 Å².